The van der Waals surface area contributed by atoms with Crippen molar-refractivity contribution >= 4 is 0 Å². The van der Waals surface area contributed by atoms with Crippen LogP contribution >= 0.6 is 0 Å². The van der Waals surface area contributed by atoms with Gasteiger partial charge in [0.05, 0.1) is 0 Å². The smallest absolute Gasteiger partial charge is 0.0310 e. The predicted octanol–water partition coefficient (Wildman–Crippen LogP) is 1.10. The Morgan fingerprint density at radius 2 is 2.09 bits per heavy atom. The second-order valence-corrected chi connectivity index (χ2v) is 3.58. The van der Waals surface area contributed by atoms with Crippen LogP contribution < -0.4 is 11.5 Å². The fraction of sp³-hybridized carbons (Fsp3) is 1.00. The third-order valence-corrected chi connectivity index (χ3v) is 3.02. The minimum Gasteiger partial charge on any atom is -0.329 e. The van der Waals surface area contributed by atoms with Crippen LogP contribution in [0.1, 0.15) is 33.1 Å². The van der Waals surface area contributed by atoms with Crippen LogP contribution in [0.4, 0.5) is 0 Å². The van der Waals surface area contributed by atoms with Crippen LogP contribution in [-0.2, 0) is 0 Å². The summed E-state index contributed by atoms with van der Waals surface area (Å²) in [5.41, 5.74) is 11.6. The molecule has 66 valence electrons. The lowest BCUT2D eigenvalue weighted by molar-refractivity contribution is 0.395. The summed E-state index contributed by atoms with van der Waals surface area (Å²) in [6.07, 6.45) is 3.85. The van der Waals surface area contributed by atoms with Crippen molar-refractivity contribution in [1.82, 2.24) is 0 Å². The van der Waals surface area contributed by atoms with Crippen molar-refractivity contribution in [2.45, 2.75) is 38.6 Å². The van der Waals surface area contributed by atoms with Crippen molar-refractivity contribution in [2.24, 2.45) is 23.3 Å². The lowest BCUT2D eigenvalue weighted by Gasteiger charge is -2.23. The normalized spacial score (nSPS) is 45.8. The molecule has 2 aliphatic rings. The SMILES string of the molecule is CC.NCC1(N)CCC2CC21. The van der Waals surface area contributed by atoms with Crippen LogP contribution in [-0.4, -0.2) is 12.1 Å². The van der Waals surface area contributed by atoms with Crippen LogP contribution in [0.3, 0.4) is 0 Å². The molecule has 0 aromatic rings. The molecule has 0 heterocycles. The van der Waals surface area contributed by atoms with Crippen LogP contribution in [0.15, 0.2) is 0 Å². The largest absolute Gasteiger partial charge is 0.329 e. The van der Waals surface area contributed by atoms with E-state index in [0.717, 1.165) is 11.8 Å². The van der Waals surface area contributed by atoms with Gasteiger partial charge in [-0.2, -0.15) is 0 Å². The summed E-state index contributed by atoms with van der Waals surface area (Å²) in [5.74, 6) is 1.75. The molecule has 2 fully saturated rings. The highest BCUT2D eigenvalue weighted by Gasteiger charge is 2.54. The van der Waals surface area contributed by atoms with Crippen molar-refractivity contribution in [2.75, 3.05) is 6.54 Å². The number of nitrogens with two attached hydrogens (primary N) is 2. The molecule has 2 aliphatic carbocycles. The van der Waals surface area contributed by atoms with Gasteiger partial charge in [-0.1, -0.05) is 13.8 Å². The van der Waals surface area contributed by atoms with E-state index in [0.29, 0.717) is 6.54 Å². The quantitative estimate of drug-likeness (QED) is 0.597. The third-order valence-electron chi connectivity index (χ3n) is 3.02. The molecule has 0 bridgehead atoms. The van der Waals surface area contributed by atoms with E-state index in [2.05, 4.69) is 0 Å². The molecule has 0 radical (unpaired) electrons. The first-order valence-electron chi connectivity index (χ1n) is 4.75. The molecule has 0 saturated heterocycles. The predicted molar refractivity (Wildman–Crippen MR) is 48.2 cm³/mol. The van der Waals surface area contributed by atoms with E-state index < -0.39 is 0 Å². The lowest BCUT2D eigenvalue weighted by Crippen LogP contribution is -2.47. The van der Waals surface area contributed by atoms with Gasteiger partial charge in [0.25, 0.3) is 0 Å². The van der Waals surface area contributed by atoms with E-state index in [9.17, 15) is 0 Å². The van der Waals surface area contributed by atoms with Gasteiger partial charge in [-0.25, -0.2) is 0 Å². The van der Waals surface area contributed by atoms with Crippen LogP contribution in [0.2, 0.25) is 0 Å². The van der Waals surface area contributed by atoms with Gasteiger partial charge < -0.3 is 11.5 Å². The molecule has 0 amide bonds. The summed E-state index contributed by atoms with van der Waals surface area (Å²) in [4.78, 5) is 0. The van der Waals surface area contributed by atoms with Gasteiger partial charge in [0, 0.05) is 12.1 Å². The third kappa shape index (κ3) is 1.42. The van der Waals surface area contributed by atoms with Crippen LogP contribution in [0.5, 0.6) is 0 Å². The summed E-state index contributed by atoms with van der Waals surface area (Å²) in [7, 11) is 0. The Kier molecular flexibility index (Phi) is 2.55. The first-order valence-corrected chi connectivity index (χ1v) is 4.75. The van der Waals surface area contributed by atoms with E-state index in [1.807, 2.05) is 13.8 Å². The topological polar surface area (TPSA) is 52.0 Å². The molecule has 0 aromatic carbocycles. The molecule has 0 aromatic heterocycles. The lowest BCUT2D eigenvalue weighted by atomic mass is 9.95. The molecule has 4 N–H and O–H groups in total. The van der Waals surface area contributed by atoms with E-state index >= 15 is 0 Å². The molecule has 2 heteroatoms. The Hall–Kier alpha value is -0.0800. The Labute approximate surface area is 69.3 Å². The van der Waals surface area contributed by atoms with Gasteiger partial charge in [-0.05, 0) is 31.1 Å². The second-order valence-electron chi connectivity index (χ2n) is 3.58. The maximum Gasteiger partial charge on any atom is 0.0310 e. The molecule has 0 aliphatic heterocycles. The van der Waals surface area contributed by atoms with Crippen molar-refractivity contribution in [1.29, 1.82) is 0 Å². The van der Waals surface area contributed by atoms with Crippen molar-refractivity contribution in [3.05, 3.63) is 0 Å². The van der Waals surface area contributed by atoms with Gasteiger partial charge in [0.15, 0.2) is 0 Å². The highest BCUT2D eigenvalue weighted by atomic mass is 14.9. The van der Waals surface area contributed by atoms with Crippen LogP contribution in [0, 0.1) is 11.8 Å². The summed E-state index contributed by atoms with van der Waals surface area (Å²) in [5, 5.41) is 0. The van der Waals surface area contributed by atoms with E-state index in [1.54, 1.807) is 0 Å². The highest BCUT2D eigenvalue weighted by molar-refractivity contribution is 5.10. The maximum atomic E-state index is 6.02. The molecule has 2 saturated carbocycles. The molecule has 11 heavy (non-hydrogen) atoms. The number of rotatable bonds is 1. The van der Waals surface area contributed by atoms with Gasteiger partial charge in [0.2, 0.25) is 0 Å². The Balaban J connectivity index is 0.000000281. The standard InChI is InChI=1S/C7H14N2.C2H6/c8-4-7(9)2-1-5-3-6(5)7;1-2/h5-6H,1-4,8-9H2;1-2H3. The fourth-order valence-electron chi connectivity index (χ4n) is 2.16. The van der Waals surface area contributed by atoms with Crippen molar-refractivity contribution in [3.8, 4) is 0 Å². The summed E-state index contributed by atoms with van der Waals surface area (Å²) in [6.45, 7) is 4.69. The minimum atomic E-state index is 0.0463. The fourth-order valence-corrected chi connectivity index (χ4v) is 2.16. The van der Waals surface area contributed by atoms with Gasteiger partial charge >= 0.3 is 0 Å². The van der Waals surface area contributed by atoms with Gasteiger partial charge in [0.1, 0.15) is 0 Å². The second kappa shape index (κ2) is 3.11. The molecule has 3 unspecified atom stereocenters. The maximum absolute atomic E-state index is 6.02. The zero-order valence-corrected chi connectivity index (χ0v) is 7.64. The number of fused-ring (bicyclic) bond motifs is 1. The number of hydrogen-bond donors (Lipinski definition) is 2. The van der Waals surface area contributed by atoms with Gasteiger partial charge in [-0.3, -0.25) is 0 Å². The first-order chi connectivity index (χ1) is 5.26. The summed E-state index contributed by atoms with van der Waals surface area (Å²) in [6, 6.07) is 0. The molecule has 2 nitrogen and oxygen atoms in total. The summed E-state index contributed by atoms with van der Waals surface area (Å²) >= 11 is 0. The van der Waals surface area contributed by atoms with E-state index in [1.165, 1.54) is 19.3 Å². The van der Waals surface area contributed by atoms with Crippen LogP contribution in [0.25, 0.3) is 0 Å². The number of hydrogen-bond acceptors (Lipinski definition) is 2. The molecular formula is C9H20N2. The first kappa shape index (κ1) is 9.01. The Morgan fingerprint density at radius 1 is 1.45 bits per heavy atom. The Bertz CT molecular complexity index is 136. The molecule has 2 rings (SSSR count). The average molecular weight is 156 g/mol. The molecular weight excluding hydrogens is 136 g/mol. The zero-order valence-electron chi connectivity index (χ0n) is 7.64. The monoisotopic (exact) mass is 156 g/mol. The van der Waals surface area contributed by atoms with E-state index in [-0.39, 0.29) is 5.54 Å². The van der Waals surface area contributed by atoms with Crippen molar-refractivity contribution < 1.29 is 0 Å². The minimum absolute atomic E-state index is 0.0463. The molecule has 0 spiro atoms. The highest BCUT2D eigenvalue weighted by Crippen LogP contribution is 2.55. The summed E-state index contributed by atoms with van der Waals surface area (Å²) < 4.78 is 0. The van der Waals surface area contributed by atoms with Gasteiger partial charge in [-0.15, -0.1) is 0 Å². The van der Waals surface area contributed by atoms with Crippen molar-refractivity contribution in [3.63, 3.8) is 0 Å². The molecule has 3 atom stereocenters. The Morgan fingerprint density at radius 3 is 2.27 bits per heavy atom. The zero-order chi connectivity index (χ0) is 8.48. The average Bonchev–Trinajstić information content (AvgIpc) is 2.79. The van der Waals surface area contributed by atoms with E-state index in [4.69, 9.17) is 11.5 Å².